The van der Waals surface area contributed by atoms with Gasteiger partial charge in [0.25, 0.3) is 5.91 Å². The second-order valence-electron chi connectivity index (χ2n) is 4.66. The van der Waals surface area contributed by atoms with Crippen LogP contribution in [0.1, 0.15) is 42.6 Å². The third kappa shape index (κ3) is 2.66. The summed E-state index contributed by atoms with van der Waals surface area (Å²) < 4.78 is 5.46. The number of amides is 1. The van der Waals surface area contributed by atoms with Crippen molar-refractivity contribution in [3.8, 4) is 5.75 Å². The molecule has 0 aromatic heterocycles. The maximum Gasteiger partial charge on any atom is 0.253 e. The monoisotopic (exact) mass is 247 g/mol. The summed E-state index contributed by atoms with van der Waals surface area (Å²) in [5, 5.41) is 0. The number of hydrogen-bond acceptors (Lipinski definition) is 2. The Kier molecular flexibility index (Phi) is 4.24. The standard InChI is InChI=1S/C15H21NO2/c1-3-5-9-16(4-2)15(17)13-6-7-14-12(11-13)8-10-18-14/h6-7,11H,3-5,8-10H2,1-2H3. The van der Waals surface area contributed by atoms with Crippen molar-refractivity contribution in [1.82, 2.24) is 4.90 Å². The van der Waals surface area contributed by atoms with Crippen molar-refractivity contribution in [2.45, 2.75) is 33.1 Å². The van der Waals surface area contributed by atoms with Crippen LogP contribution >= 0.6 is 0 Å². The fourth-order valence-corrected chi connectivity index (χ4v) is 2.25. The summed E-state index contributed by atoms with van der Waals surface area (Å²) in [6.07, 6.45) is 3.09. The minimum absolute atomic E-state index is 0.139. The average molecular weight is 247 g/mol. The van der Waals surface area contributed by atoms with E-state index >= 15 is 0 Å². The molecule has 1 heterocycles. The molecule has 1 aliphatic heterocycles. The first-order valence-electron chi connectivity index (χ1n) is 6.81. The molecule has 0 bridgehead atoms. The van der Waals surface area contributed by atoms with Crippen molar-refractivity contribution in [2.75, 3.05) is 19.7 Å². The van der Waals surface area contributed by atoms with E-state index in [2.05, 4.69) is 6.92 Å². The van der Waals surface area contributed by atoms with Crippen LogP contribution in [0.15, 0.2) is 18.2 Å². The number of benzene rings is 1. The van der Waals surface area contributed by atoms with Crippen molar-refractivity contribution >= 4 is 5.91 Å². The number of ether oxygens (including phenoxy) is 1. The summed E-state index contributed by atoms with van der Waals surface area (Å²) in [4.78, 5) is 14.3. The van der Waals surface area contributed by atoms with Gasteiger partial charge in [-0.25, -0.2) is 0 Å². The molecule has 0 atom stereocenters. The van der Waals surface area contributed by atoms with E-state index in [0.29, 0.717) is 0 Å². The van der Waals surface area contributed by atoms with Gasteiger partial charge < -0.3 is 9.64 Å². The fourth-order valence-electron chi connectivity index (χ4n) is 2.25. The Morgan fingerprint density at radius 3 is 2.94 bits per heavy atom. The van der Waals surface area contributed by atoms with Crippen LogP contribution in [0, 0.1) is 0 Å². The van der Waals surface area contributed by atoms with Crippen LogP contribution in [0.3, 0.4) is 0 Å². The maximum absolute atomic E-state index is 12.4. The van der Waals surface area contributed by atoms with Gasteiger partial charge in [0.2, 0.25) is 0 Å². The molecule has 0 saturated heterocycles. The predicted octanol–water partition coefficient (Wildman–Crippen LogP) is 2.88. The topological polar surface area (TPSA) is 29.5 Å². The summed E-state index contributed by atoms with van der Waals surface area (Å²) in [7, 11) is 0. The Morgan fingerprint density at radius 2 is 2.22 bits per heavy atom. The van der Waals surface area contributed by atoms with Crippen molar-refractivity contribution in [2.24, 2.45) is 0 Å². The number of carbonyl (C=O) groups excluding carboxylic acids is 1. The zero-order chi connectivity index (χ0) is 13.0. The smallest absolute Gasteiger partial charge is 0.253 e. The van der Waals surface area contributed by atoms with E-state index in [9.17, 15) is 4.79 Å². The quantitative estimate of drug-likeness (QED) is 0.800. The second-order valence-corrected chi connectivity index (χ2v) is 4.66. The second kappa shape index (κ2) is 5.89. The van der Waals surface area contributed by atoms with E-state index in [1.165, 1.54) is 0 Å². The minimum atomic E-state index is 0.139. The molecule has 3 heteroatoms. The van der Waals surface area contributed by atoms with Crippen LogP contribution in [0.2, 0.25) is 0 Å². The van der Waals surface area contributed by atoms with Gasteiger partial charge in [-0.15, -0.1) is 0 Å². The normalized spacial score (nSPS) is 13.0. The van der Waals surface area contributed by atoms with Crippen LogP contribution < -0.4 is 4.74 Å². The van der Waals surface area contributed by atoms with Gasteiger partial charge in [0.05, 0.1) is 6.61 Å². The molecule has 3 nitrogen and oxygen atoms in total. The molecule has 0 spiro atoms. The van der Waals surface area contributed by atoms with Crippen molar-refractivity contribution in [3.05, 3.63) is 29.3 Å². The van der Waals surface area contributed by atoms with E-state index < -0.39 is 0 Å². The van der Waals surface area contributed by atoms with Gasteiger partial charge in [-0.2, -0.15) is 0 Å². The lowest BCUT2D eigenvalue weighted by atomic mass is 10.1. The number of hydrogen-bond donors (Lipinski definition) is 0. The van der Waals surface area contributed by atoms with Gasteiger partial charge in [-0.05, 0) is 37.1 Å². The molecular weight excluding hydrogens is 226 g/mol. The Labute approximate surface area is 109 Å². The Morgan fingerprint density at radius 1 is 1.39 bits per heavy atom. The van der Waals surface area contributed by atoms with E-state index in [0.717, 1.165) is 55.8 Å². The van der Waals surface area contributed by atoms with Crippen LogP contribution in [-0.2, 0) is 6.42 Å². The average Bonchev–Trinajstić information content (AvgIpc) is 2.86. The van der Waals surface area contributed by atoms with Gasteiger partial charge >= 0.3 is 0 Å². The Bertz CT molecular complexity index is 429. The van der Waals surface area contributed by atoms with Gasteiger partial charge in [-0.3, -0.25) is 4.79 Å². The summed E-state index contributed by atoms with van der Waals surface area (Å²) in [6, 6.07) is 5.78. The summed E-state index contributed by atoms with van der Waals surface area (Å²) in [5.74, 6) is 1.07. The molecule has 0 aliphatic carbocycles. The minimum Gasteiger partial charge on any atom is -0.493 e. The van der Waals surface area contributed by atoms with E-state index in [4.69, 9.17) is 4.74 Å². The van der Waals surface area contributed by atoms with Gasteiger partial charge in [0, 0.05) is 25.1 Å². The Balaban J connectivity index is 2.12. The van der Waals surface area contributed by atoms with Gasteiger partial charge in [0.15, 0.2) is 0 Å². The van der Waals surface area contributed by atoms with Crippen molar-refractivity contribution in [3.63, 3.8) is 0 Å². The summed E-state index contributed by atoms with van der Waals surface area (Å²) in [6.45, 7) is 6.53. The first-order valence-corrected chi connectivity index (χ1v) is 6.81. The summed E-state index contributed by atoms with van der Waals surface area (Å²) >= 11 is 0. The highest BCUT2D eigenvalue weighted by atomic mass is 16.5. The largest absolute Gasteiger partial charge is 0.493 e. The molecule has 0 fully saturated rings. The van der Waals surface area contributed by atoms with Crippen LogP contribution in [0.25, 0.3) is 0 Å². The molecule has 18 heavy (non-hydrogen) atoms. The highest BCUT2D eigenvalue weighted by molar-refractivity contribution is 5.94. The molecule has 0 N–H and O–H groups in total. The third-order valence-electron chi connectivity index (χ3n) is 3.39. The molecule has 1 aromatic carbocycles. The lowest BCUT2D eigenvalue weighted by Gasteiger charge is -2.20. The zero-order valence-corrected chi connectivity index (χ0v) is 11.2. The number of carbonyl (C=O) groups is 1. The molecule has 0 radical (unpaired) electrons. The number of fused-ring (bicyclic) bond motifs is 1. The third-order valence-corrected chi connectivity index (χ3v) is 3.39. The zero-order valence-electron chi connectivity index (χ0n) is 11.2. The molecule has 1 aromatic rings. The summed E-state index contributed by atoms with van der Waals surface area (Å²) in [5.41, 5.74) is 1.95. The van der Waals surface area contributed by atoms with Crippen LogP contribution in [0.4, 0.5) is 0 Å². The molecule has 1 amide bonds. The molecule has 1 aliphatic rings. The van der Waals surface area contributed by atoms with Crippen molar-refractivity contribution < 1.29 is 9.53 Å². The van der Waals surface area contributed by atoms with E-state index in [-0.39, 0.29) is 5.91 Å². The number of unbranched alkanes of at least 4 members (excludes halogenated alkanes) is 1. The van der Waals surface area contributed by atoms with Gasteiger partial charge in [-0.1, -0.05) is 13.3 Å². The lowest BCUT2D eigenvalue weighted by Crippen LogP contribution is -2.31. The molecule has 98 valence electrons. The first kappa shape index (κ1) is 12.9. The molecule has 0 unspecified atom stereocenters. The SMILES string of the molecule is CCCCN(CC)C(=O)c1ccc2c(c1)CCO2. The van der Waals surface area contributed by atoms with E-state index in [1.807, 2.05) is 30.0 Å². The number of rotatable bonds is 5. The van der Waals surface area contributed by atoms with Crippen LogP contribution in [-0.4, -0.2) is 30.5 Å². The van der Waals surface area contributed by atoms with Crippen LogP contribution in [0.5, 0.6) is 5.75 Å². The first-order chi connectivity index (χ1) is 8.76. The highest BCUT2D eigenvalue weighted by Gasteiger charge is 2.18. The molecular formula is C15H21NO2. The van der Waals surface area contributed by atoms with Gasteiger partial charge in [0.1, 0.15) is 5.75 Å². The fraction of sp³-hybridized carbons (Fsp3) is 0.533. The predicted molar refractivity (Wildman–Crippen MR) is 72.1 cm³/mol. The molecule has 2 rings (SSSR count). The highest BCUT2D eigenvalue weighted by Crippen LogP contribution is 2.26. The molecule has 0 saturated carbocycles. The lowest BCUT2D eigenvalue weighted by molar-refractivity contribution is 0.0762. The Hall–Kier alpha value is -1.51. The number of nitrogens with zero attached hydrogens (tertiary/aromatic N) is 1. The van der Waals surface area contributed by atoms with Crippen molar-refractivity contribution in [1.29, 1.82) is 0 Å². The maximum atomic E-state index is 12.4. The van der Waals surface area contributed by atoms with E-state index in [1.54, 1.807) is 0 Å².